The van der Waals surface area contributed by atoms with E-state index in [2.05, 4.69) is 19.2 Å². The summed E-state index contributed by atoms with van der Waals surface area (Å²) in [4.78, 5) is 0. The van der Waals surface area contributed by atoms with Crippen molar-refractivity contribution in [1.82, 2.24) is 5.32 Å². The molecule has 1 atom stereocenters. The van der Waals surface area contributed by atoms with Crippen molar-refractivity contribution in [2.24, 2.45) is 0 Å². The summed E-state index contributed by atoms with van der Waals surface area (Å²) in [6.07, 6.45) is 0. The van der Waals surface area contributed by atoms with E-state index in [1.807, 2.05) is 37.0 Å². The van der Waals surface area contributed by atoms with Crippen LogP contribution in [0.3, 0.4) is 0 Å². The van der Waals surface area contributed by atoms with Gasteiger partial charge in [0, 0.05) is 17.4 Å². The Balaban J connectivity index is 2.94. The Labute approximate surface area is 114 Å². The first-order valence-corrected chi connectivity index (χ1v) is 7.18. The quantitative estimate of drug-likeness (QED) is 0.824. The van der Waals surface area contributed by atoms with E-state index in [1.165, 1.54) is 0 Å². The highest BCUT2D eigenvalue weighted by Crippen LogP contribution is 2.31. The maximum atomic E-state index is 5.43. The average molecular weight is 269 g/mol. The molecule has 0 radical (unpaired) electrons. The Kier molecular flexibility index (Phi) is 6.36. The van der Waals surface area contributed by atoms with Gasteiger partial charge in [0.05, 0.1) is 14.2 Å². The van der Waals surface area contributed by atoms with Crippen molar-refractivity contribution in [3.05, 3.63) is 23.8 Å². The predicted octanol–water partition coefficient (Wildman–Crippen LogP) is 3.11. The van der Waals surface area contributed by atoms with E-state index in [1.54, 1.807) is 14.2 Å². The largest absolute Gasteiger partial charge is 0.497 e. The second-order valence-corrected chi connectivity index (χ2v) is 5.94. The molecule has 1 aromatic rings. The minimum atomic E-state index is 0.266. The van der Waals surface area contributed by atoms with Crippen LogP contribution in [-0.2, 0) is 0 Å². The maximum Gasteiger partial charge on any atom is 0.123 e. The third kappa shape index (κ3) is 4.10. The van der Waals surface area contributed by atoms with Gasteiger partial charge in [-0.3, -0.25) is 0 Å². The first-order valence-electron chi connectivity index (χ1n) is 6.13. The molecule has 1 rings (SSSR count). The van der Waals surface area contributed by atoms with Crippen LogP contribution in [0.2, 0.25) is 0 Å². The van der Waals surface area contributed by atoms with Crippen LogP contribution in [0.25, 0.3) is 0 Å². The fourth-order valence-corrected chi connectivity index (χ4v) is 2.65. The summed E-state index contributed by atoms with van der Waals surface area (Å²) in [5.41, 5.74) is 1.15. The van der Waals surface area contributed by atoms with Crippen LogP contribution in [0, 0.1) is 0 Å². The van der Waals surface area contributed by atoms with E-state index in [0.29, 0.717) is 5.25 Å². The van der Waals surface area contributed by atoms with Crippen LogP contribution in [0.5, 0.6) is 11.5 Å². The Morgan fingerprint density at radius 3 is 2.44 bits per heavy atom. The number of benzene rings is 1. The van der Waals surface area contributed by atoms with Gasteiger partial charge in [0.15, 0.2) is 0 Å². The maximum absolute atomic E-state index is 5.43. The summed E-state index contributed by atoms with van der Waals surface area (Å²) >= 11 is 1.93. The summed E-state index contributed by atoms with van der Waals surface area (Å²) in [6, 6.07) is 6.19. The molecule has 4 heteroatoms. The Morgan fingerprint density at radius 2 is 1.94 bits per heavy atom. The minimum absolute atomic E-state index is 0.266. The monoisotopic (exact) mass is 269 g/mol. The lowest BCUT2D eigenvalue weighted by Gasteiger charge is -2.20. The van der Waals surface area contributed by atoms with Gasteiger partial charge in [-0.25, -0.2) is 0 Å². The van der Waals surface area contributed by atoms with E-state index in [9.17, 15) is 0 Å². The van der Waals surface area contributed by atoms with Gasteiger partial charge in [0.1, 0.15) is 11.5 Å². The van der Waals surface area contributed by atoms with E-state index >= 15 is 0 Å². The lowest BCUT2D eigenvalue weighted by molar-refractivity contribution is 0.394. The van der Waals surface area contributed by atoms with Gasteiger partial charge in [-0.2, -0.15) is 11.8 Å². The molecule has 0 saturated carbocycles. The van der Waals surface area contributed by atoms with Crippen molar-refractivity contribution >= 4 is 11.8 Å². The molecular formula is C14H23NO2S. The summed E-state index contributed by atoms with van der Waals surface area (Å²) in [5, 5.41) is 3.97. The van der Waals surface area contributed by atoms with Crippen molar-refractivity contribution in [3.63, 3.8) is 0 Å². The van der Waals surface area contributed by atoms with Crippen molar-refractivity contribution in [2.75, 3.05) is 27.0 Å². The fraction of sp³-hybridized carbons (Fsp3) is 0.571. The standard InChI is InChI=1S/C14H23NO2S/c1-10(2)18-9-13(15-3)12-8-11(16-4)6-7-14(12)17-5/h6-8,10,13,15H,9H2,1-5H3. The molecule has 0 aliphatic heterocycles. The third-order valence-electron chi connectivity index (χ3n) is 2.76. The predicted molar refractivity (Wildman–Crippen MR) is 78.9 cm³/mol. The van der Waals surface area contributed by atoms with Gasteiger partial charge in [0.2, 0.25) is 0 Å². The Bertz CT molecular complexity index is 369. The highest BCUT2D eigenvalue weighted by atomic mass is 32.2. The number of ether oxygens (including phenoxy) is 2. The van der Waals surface area contributed by atoms with Gasteiger partial charge in [-0.15, -0.1) is 0 Å². The second kappa shape index (κ2) is 7.54. The smallest absolute Gasteiger partial charge is 0.123 e. The zero-order valence-electron chi connectivity index (χ0n) is 11.8. The highest BCUT2D eigenvalue weighted by Gasteiger charge is 2.16. The first kappa shape index (κ1) is 15.2. The second-order valence-electron chi connectivity index (χ2n) is 4.33. The van der Waals surface area contributed by atoms with Crippen LogP contribution in [0.4, 0.5) is 0 Å². The summed E-state index contributed by atoms with van der Waals surface area (Å²) in [7, 11) is 5.36. The fourth-order valence-electron chi connectivity index (χ4n) is 1.73. The molecule has 0 aliphatic rings. The van der Waals surface area contributed by atoms with E-state index in [0.717, 1.165) is 22.8 Å². The normalized spacial score (nSPS) is 12.6. The van der Waals surface area contributed by atoms with E-state index < -0.39 is 0 Å². The molecular weight excluding hydrogens is 246 g/mol. The molecule has 0 saturated heterocycles. The number of thioether (sulfide) groups is 1. The zero-order valence-corrected chi connectivity index (χ0v) is 12.6. The summed E-state index contributed by atoms with van der Waals surface area (Å²) < 4.78 is 10.7. The van der Waals surface area contributed by atoms with Gasteiger partial charge in [0.25, 0.3) is 0 Å². The lowest BCUT2D eigenvalue weighted by atomic mass is 10.1. The number of hydrogen-bond donors (Lipinski definition) is 1. The molecule has 1 aromatic carbocycles. The number of hydrogen-bond acceptors (Lipinski definition) is 4. The van der Waals surface area contributed by atoms with Crippen molar-refractivity contribution in [3.8, 4) is 11.5 Å². The van der Waals surface area contributed by atoms with Crippen LogP contribution in [0.1, 0.15) is 25.5 Å². The van der Waals surface area contributed by atoms with Crippen molar-refractivity contribution < 1.29 is 9.47 Å². The molecule has 0 aliphatic carbocycles. The SMILES string of the molecule is CNC(CSC(C)C)c1cc(OC)ccc1OC. The van der Waals surface area contributed by atoms with E-state index in [4.69, 9.17) is 9.47 Å². The molecule has 3 nitrogen and oxygen atoms in total. The van der Waals surface area contributed by atoms with E-state index in [-0.39, 0.29) is 6.04 Å². The van der Waals surface area contributed by atoms with Crippen molar-refractivity contribution in [1.29, 1.82) is 0 Å². The van der Waals surface area contributed by atoms with Gasteiger partial charge in [-0.1, -0.05) is 13.8 Å². The molecule has 102 valence electrons. The average Bonchev–Trinajstić information content (AvgIpc) is 2.38. The van der Waals surface area contributed by atoms with Gasteiger partial charge in [-0.05, 0) is 30.5 Å². The van der Waals surface area contributed by atoms with Crippen LogP contribution in [0.15, 0.2) is 18.2 Å². The Hall–Kier alpha value is -0.870. The van der Waals surface area contributed by atoms with Crippen LogP contribution >= 0.6 is 11.8 Å². The van der Waals surface area contributed by atoms with Gasteiger partial charge >= 0.3 is 0 Å². The summed E-state index contributed by atoms with van der Waals surface area (Å²) in [6.45, 7) is 4.42. The topological polar surface area (TPSA) is 30.5 Å². The molecule has 0 bridgehead atoms. The number of nitrogens with one attached hydrogen (secondary N) is 1. The molecule has 18 heavy (non-hydrogen) atoms. The molecule has 0 heterocycles. The first-order chi connectivity index (χ1) is 8.62. The molecule has 0 amide bonds. The third-order valence-corrected chi connectivity index (χ3v) is 3.95. The molecule has 0 aromatic heterocycles. The molecule has 1 N–H and O–H groups in total. The molecule has 0 fully saturated rings. The number of rotatable bonds is 7. The van der Waals surface area contributed by atoms with Crippen molar-refractivity contribution in [2.45, 2.75) is 25.1 Å². The minimum Gasteiger partial charge on any atom is -0.497 e. The lowest BCUT2D eigenvalue weighted by Crippen LogP contribution is -2.20. The Morgan fingerprint density at radius 1 is 1.22 bits per heavy atom. The van der Waals surface area contributed by atoms with Crippen LogP contribution < -0.4 is 14.8 Å². The highest BCUT2D eigenvalue weighted by molar-refractivity contribution is 7.99. The van der Waals surface area contributed by atoms with Crippen LogP contribution in [-0.4, -0.2) is 32.3 Å². The molecule has 1 unspecified atom stereocenters. The molecule has 0 spiro atoms. The number of methoxy groups -OCH3 is 2. The van der Waals surface area contributed by atoms with Gasteiger partial charge < -0.3 is 14.8 Å². The summed E-state index contributed by atoms with van der Waals surface area (Å²) in [5.74, 6) is 2.78. The zero-order chi connectivity index (χ0) is 13.5.